The molecule has 0 atom stereocenters. The molecule has 1 saturated carbocycles. The maximum Gasteiger partial charge on any atom is 0.271 e. The number of nitrogens with one attached hydrogen (secondary N) is 1. The molecule has 25 heavy (non-hydrogen) atoms. The molecule has 0 heterocycles. The van der Waals surface area contributed by atoms with E-state index >= 15 is 0 Å². The fraction of sp³-hybridized carbons (Fsp3) is 0.316. The van der Waals surface area contributed by atoms with Crippen molar-refractivity contribution in [3.05, 3.63) is 68.7 Å². The third-order valence-electron chi connectivity index (χ3n) is 4.97. The third-order valence-corrected chi connectivity index (χ3v) is 5.22. The number of halogens is 1. The second-order valence-corrected chi connectivity index (χ2v) is 6.94. The van der Waals surface area contributed by atoms with E-state index in [1.54, 1.807) is 18.2 Å². The number of hydrogen-bond donors (Lipinski definition) is 1. The summed E-state index contributed by atoms with van der Waals surface area (Å²) in [7, 11) is 0. The maximum absolute atomic E-state index is 13.1. The van der Waals surface area contributed by atoms with Crippen molar-refractivity contribution >= 4 is 28.9 Å². The number of amides is 1. The predicted molar refractivity (Wildman–Crippen MR) is 98.1 cm³/mol. The molecule has 1 N–H and O–H groups in total. The molecule has 0 radical (unpaired) electrons. The van der Waals surface area contributed by atoms with Crippen molar-refractivity contribution in [2.75, 3.05) is 5.32 Å². The molecule has 2 aromatic rings. The minimum absolute atomic E-state index is 0.0344. The topological polar surface area (TPSA) is 72.2 Å². The molecule has 0 aromatic heterocycles. The summed E-state index contributed by atoms with van der Waals surface area (Å²) in [6.45, 7) is 1.82. The van der Waals surface area contributed by atoms with Gasteiger partial charge < -0.3 is 5.32 Å². The van der Waals surface area contributed by atoms with Crippen LogP contribution in [0.2, 0.25) is 5.02 Å². The van der Waals surface area contributed by atoms with Gasteiger partial charge in [-0.25, -0.2) is 0 Å². The molecule has 5 nitrogen and oxygen atoms in total. The van der Waals surface area contributed by atoms with Crippen LogP contribution in [0.5, 0.6) is 0 Å². The van der Waals surface area contributed by atoms with Gasteiger partial charge in [-0.15, -0.1) is 0 Å². The van der Waals surface area contributed by atoms with Gasteiger partial charge in [0.15, 0.2) is 0 Å². The first-order valence-corrected chi connectivity index (χ1v) is 8.63. The fourth-order valence-corrected chi connectivity index (χ4v) is 3.62. The Bertz CT molecular complexity index is 812. The molecule has 1 aliphatic carbocycles. The number of carbonyl (C=O) groups excluding carboxylic acids is 1. The lowest BCUT2D eigenvalue weighted by Gasteiger charge is -2.28. The number of aryl methyl sites for hydroxylation is 1. The number of nitro groups is 1. The zero-order valence-corrected chi connectivity index (χ0v) is 14.7. The van der Waals surface area contributed by atoms with Crippen molar-refractivity contribution in [3.8, 4) is 0 Å². The highest BCUT2D eigenvalue weighted by Gasteiger charge is 2.42. The van der Waals surface area contributed by atoms with Crippen molar-refractivity contribution in [1.82, 2.24) is 0 Å². The van der Waals surface area contributed by atoms with Crippen molar-refractivity contribution in [2.24, 2.45) is 0 Å². The van der Waals surface area contributed by atoms with Crippen LogP contribution in [0.3, 0.4) is 0 Å². The summed E-state index contributed by atoms with van der Waals surface area (Å²) in [5, 5.41) is 14.6. The summed E-state index contributed by atoms with van der Waals surface area (Å²) in [5.74, 6) is -0.115. The summed E-state index contributed by atoms with van der Waals surface area (Å²) in [4.78, 5) is 23.7. The van der Waals surface area contributed by atoms with Crippen LogP contribution < -0.4 is 5.32 Å². The van der Waals surface area contributed by atoms with Gasteiger partial charge in [-0.1, -0.05) is 42.6 Å². The smallest absolute Gasteiger partial charge is 0.271 e. The molecular formula is C19H19ClN2O3. The highest BCUT2D eigenvalue weighted by Crippen LogP contribution is 2.42. The fourth-order valence-electron chi connectivity index (χ4n) is 3.49. The number of nitrogens with zero attached hydrogens (tertiary/aromatic N) is 1. The number of hydrogen-bond acceptors (Lipinski definition) is 3. The van der Waals surface area contributed by atoms with Crippen LogP contribution in [0.25, 0.3) is 0 Å². The van der Waals surface area contributed by atoms with E-state index in [-0.39, 0.29) is 11.6 Å². The van der Waals surface area contributed by atoms with E-state index in [2.05, 4.69) is 5.32 Å². The van der Waals surface area contributed by atoms with Crippen molar-refractivity contribution in [3.63, 3.8) is 0 Å². The predicted octanol–water partition coefficient (Wildman–Crippen LogP) is 5.01. The van der Waals surface area contributed by atoms with Crippen molar-refractivity contribution in [2.45, 2.75) is 38.0 Å². The van der Waals surface area contributed by atoms with E-state index in [0.717, 1.165) is 36.8 Å². The summed E-state index contributed by atoms with van der Waals surface area (Å²) < 4.78 is 0. The van der Waals surface area contributed by atoms with Crippen molar-refractivity contribution in [1.29, 1.82) is 0 Å². The molecule has 6 heteroatoms. The molecule has 0 saturated heterocycles. The van der Waals surface area contributed by atoms with Gasteiger partial charge in [-0.2, -0.15) is 0 Å². The lowest BCUT2D eigenvalue weighted by molar-refractivity contribution is -0.384. The normalized spacial score (nSPS) is 15.8. The number of anilines is 1. The Morgan fingerprint density at radius 1 is 1.16 bits per heavy atom. The summed E-state index contributed by atoms with van der Waals surface area (Å²) in [5.41, 5.74) is 1.58. The van der Waals surface area contributed by atoms with Crippen LogP contribution in [0, 0.1) is 17.0 Å². The summed E-state index contributed by atoms with van der Waals surface area (Å²) >= 11 is 5.98. The van der Waals surface area contributed by atoms with Gasteiger partial charge in [0, 0.05) is 17.2 Å². The number of nitro benzene ring substituents is 1. The number of benzene rings is 2. The molecule has 1 aliphatic rings. The average Bonchev–Trinajstić information content (AvgIpc) is 3.08. The molecule has 1 amide bonds. The minimum Gasteiger partial charge on any atom is -0.325 e. The van der Waals surface area contributed by atoms with E-state index < -0.39 is 10.3 Å². The van der Waals surface area contributed by atoms with E-state index in [1.165, 1.54) is 12.1 Å². The SMILES string of the molecule is Cc1ccc([N+](=O)[O-])cc1NC(=O)C1(c2ccc(Cl)cc2)CCCC1. The van der Waals surface area contributed by atoms with Gasteiger partial charge in [0.05, 0.1) is 16.0 Å². The molecule has 3 rings (SSSR count). The highest BCUT2D eigenvalue weighted by atomic mass is 35.5. The van der Waals surface area contributed by atoms with Gasteiger partial charge in [-0.05, 0) is 43.0 Å². The standard InChI is InChI=1S/C19H19ClN2O3/c1-13-4-9-16(22(24)25)12-17(13)21-18(23)19(10-2-3-11-19)14-5-7-15(20)8-6-14/h4-9,12H,2-3,10-11H2,1H3,(H,21,23). The first-order chi connectivity index (χ1) is 11.9. The van der Waals surface area contributed by atoms with Gasteiger partial charge >= 0.3 is 0 Å². The van der Waals surface area contributed by atoms with E-state index in [9.17, 15) is 14.9 Å². The Kier molecular flexibility index (Phi) is 4.77. The molecule has 1 fully saturated rings. The third kappa shape index (κ3) is 3.37. The molecule has 130 valence electrons. The van der Waals surface area contributed by atoms with E-state index in [0.29, 0.717) is 10.7 Å². The van der Waals surface area contributed by atoms with Crippen LogP contribution >= 0.6 is 11.6 Å². The molecule has 0 bridgehead atoms. The molecule has 2 aromatic carbocycles. The molecule has 0 unspecified atom stereocenters. The van der Waals surface area contributed by atoms with Gasteiger partial charge in [0.25, 0.3) is 5.69 Å². The Balaban J connectivity index is 1.94. The monoisotopic (exact) mass is 358 g/mol. The van der Waals surface area contributed by atoms with Crippen molar-refractivity contribution < 1.29 is 9.72 Å². The van der Waals surface area contributed by atoms with Gasteiger partial charge in [-0.3, -0.25) is 14.9 Å². The van der Waals surface area contributed by atoms with Crippen LogP contribution in [-0.4, -0.2) is 10.8 Å². The number of rotatable bonds is 4. The zero-order valence-electron chi connectivity index (χ0n) is 13.9. The Hall–Kier alpha value is -2.40. The van der Waals surface area contributed by atoms with Crippen LogP contribution in [0.15, 0.2) is 42.5 Å². The Morgan fingerprint density at radius 3 is 2.40 bits per heavy atom. The van der Waals surface area contributed by atoms with Crippen LogP contribution in [0.1, 0.15) is 36.8 Å². The number of carbonyl (C=O) groups is 1. The number of non-ortho nitro benzene ring substituents is 1. The zero-order chi connectivity index (χ0) is 18.0. The first kappa shape index (κ1) is 17.4. The summed E-state index contributed by atoms with van der Waals surface area (Å²) in [6.07, 6.45) is 3.47. The lowest BCUT2D eigenvalue weighted by Crippen LogP contribution is -2.38. The van der Waals surface area contributed by atoms with Crippen LogP contribution in [0.4, 0.5) is 11.4 Å². The Morgan fingerprint density at radius 2 is 1.80 bits per heavy atom. The summed E-state index contributed by atoms with van der Waals surface area (Å²) in [6, 6.07) is 11.9. The quantitative estimate of drug-likeness (QED) is 0.617. The Labute approximate surface area is 151 Å². The second kappa shape index (κ2) is 6.84. The first-order valence-electron chi connectivity index (χ1n) is 8.25. The maximum atomic E-state index is 13.1. The minimum atomic E-state index is -0.609. The molecule has 0 spiro atoms. The average molecular weight is 359 g/mol. The highest BCUT2D eigenvalue weighted by molar-refractivity contribution is 6.30. The lowest BCUT2D eigenvalue weighted by atomic mass is 9.78. The van der Waals surface area contributed by atoms with Crippen LogP contribution in [-0.2, 0) is 10.2 Å². The molecule has 0 aliphatic heterocycles. The second-order valence-electron chi connectivity index (χ2n) is 6.51. The van der Waals surface area contributed by atoms with E-state index in [1.807, 2.05) is 19.1 Å². The van der Waals surface area contributed by atoms with Gasteiger partial charge in [0.1, 0.15) is 0 Å². The molecular weight excluding hydrogens is 340 g/mol. The van der Waals surface area contributed by atoms with E-state index in [4.69, 9.17) is 11.6 Å². The van der Waals surface area contributed by atoms with Gasteiger partial charge in [0.2, 0.25) is 5.91 Å². The largest absolute Gasteiger partial charge is 0.325 e.